The van der Waals surface area contributed by atoms with Crippen LogP contribution in [-0.4, -0.2) is 40.0 Å². The fourth-order valence-electron chi connectivity index (χ4n) is 4.05. The first-order chi connectivity index (χ1) is 17.9. The smallest absolute Gasteiger partial charge is 0.308 e. The van der Waals surface area contributed by atoms with E-state index in [0.717, 1.165) is 5.56 Å². The van der Waals surface area contributed by atoms with Gasteiger partial charge in [-0.2, -0.15) is 0 Å². The summed E-state index contributed by atoms with van der Waals surface area (Å²) in [5.74, 6) is -1.72. The summed E-state index contributed by atoms with van der Waals surface area (Å²) in [6.45, 7) is 6.87. The van der Waals surface area contributed by atoms with Gasteiger partial charge in [-0.05, 0) is 74.9 Å². The highest BCUT2D eigenvalue weighted by Gasteiger charge is 2.42. The van der Waals surface area contributed by atoms with E-state index < -0.39 is 23.3 Å². The number of fused-ring (bicyclic) bond motifs is 1. The number of rotatable bonds is 6. The zero-order valence-electron chi connectivity index (χ0n) is 21.5. The lowest BCUT2D eigenvalue weighted by molar-refractivity contribution is -0.131. The minimum atomic E-state index is -0.676. The van der Waals surface area contributed by atoms with E-state index in [0.29, 0.717) is 11.3 Å². The summed E-state index contributed by atoms with van der Waals surface area (Å²) < 4.78 is 5.01. The maximum absolute atomic E-state index is 12.8. The Hall–Kier alpha value is -4.79. The van der Waals surface area contributed by atoms with Crippen molar-refractivity contribution in [2.75, 3.05) is 5.32 Å². The molecule has 0 spiro atoms. The summed E-state index contributed by atoms with van der Waals surface area (Å²) in [6, 6.07) is 17.7. The molecule has 3 aromatic carbocycles. The second-order valence-corrected chi connectivity index (χ2v) is 9.83. The molecule has 1 aliphatic rings. The van der Waals surface area contributed by atoms with E-state index in [1.165, 1.54) is 36.1 Å². The molecule has 0 radical (unpaired) electrons. The number of hydrogen-bond donors (Lipinski definition) is 2. The standard InChI is InChI=1S/C29H27N3O6/c1-17(33)38-22-7-5-6-19(14-22)25(34)30-16-18-8-11-21(12-9-18)31-26(35)20-10-13-23-24(15-20)28(37)32(27(23)36)29(2,3)4/h5-15H,16H2,1-4H3,(H,30,34)(H,31,35). The van der Waals surface area contributed by atoms with Gasteiger partial charge < -0.3 is 15.4 Å². The van der Waals surface area contributed by atoms with Crippen LogP contribution in [0.2, 0.25) is 0 Å². The highest BCUT2D eigenvalue weighted by molar-refractivity contribution is 6.22. The van der Waals surface area contributed by atoms with Crippen molar-refractivity contribution in [3.05, 3.63) is 94.5 Å². The minimum Gasteiger partial charge on any atom is -0.427 e. The predicted molar refractivity (Wildman–Crippen MR) is 140 cm³/mol. The average Bonchev–Trinajstić information content (AvgIpc) is 3.12. The molecule has 0 aliphatic carbocycles. The number of ether oxygens (including phenoxy) is 1. The molecule has 0 aromatic heterocycles. The molecule has 194 valence electrons. The zero-order valence-corrected chi connectivity index (χ0v) is 21.5. The molecule has 9 nitrogen and oxygen atoms in total. The van der Waals surface area contributed by atoms with Crippen LogP contribution in [0.5, 0.6) is 5.75 Å². The molecule has 0 saturated carbocycles. The molecular formula is C29H27N3O6. The van der Waals surface area contributed by atoms with E-state index in [1.807, 2.05) is 0 Å². The topological polar surface area (TPSA) is 122 Å². The molecule has 9 heteroatoms. The number of amides is 4. The summed E-state index contributed by atoms with van der Waals surface area (Å²) in [4.78, 5) is 63.1. The number of carbonyl (C=O) groups excluding carboxylic acids is 5. The van der Waals surface area contributed by atoms with Crippen LogP contribution in [-0.2, 0) is 11.3 Å². The normalized spacial score (nSPS) is 12.7. The molecule has 2 N–H and O–H groups in total. The molecule has 0 unspecified atom stereocenters. The molecule has 1 heterocycles. The first kappa shape index (κ1) is 26.3. The molecule has 4 rings (SSSR count). The maximum atomic E-state index is 12.8. The van der Waals surface area contributed by atoms with Crippen LogP contribution in [0.4, 0.5) is 5.69 Å². The van der Waals surface area contributed by atoms with Gasteiger partial charge >= 0.3 is 5.97 Å². The van der Waals surface area contributed by atoms with Gasteiger partial charge in [-0.1, -0.05) is 18.2 Å². The van der Waals surface area contributed by atoms with Crippen molar-refractivity contribution in [1.82, 2.24) is 10.2 Å². The lowest BCUT2D eigenvalue weighted by Gasteiger charge is -2.29. The Morgan fingerprint density at radius 1 is 0.816 bits per heavy atom. The molecule has 38 heavy (non-hydrogen) atoms. The Kier molecular flexibility index (Phi) is 7.12. The van der Waals surface area contributed by atoms with Crippen molar-refractivity contribution in [3.8, 4) is 5.75 Å². The van der Waals surface area contributed by atoms with Crippen molar-refractivity contribution in [2.45, 2.75) is 39.8 Å². The third-order valence-electron chi connectivity index (χ3n) is 5.84. The van der Waals surface area contributed by atoms with Gasteiger partial charge in [0.2, 0.25) is 0 Å². The monoisotopic (exact) mass is 513 g/mol. The number of carbonyl (C=O) groups is 5. The summed E-state index contributed by atoms with van der Waals surface area (Å²) in [7, 11) is 0. The lowest BCUT2D eigenvalue weighted by atomic mass is 10.1. The average molecular weight is 514 g/mol. The Bertz CT molecular complexity index is 1450. The number of benzene rings is 3. The van der Waals surface area contributed by atoms with Crippen molar-refractivity contribution in [2.24, 2.45) is 0 Å². The Morgan fingerprint density at radius 3 is 2.13 bits per heavy atom. The van der Waals surface area contributed by atoms with Crippen LogP contribution in [0.3, 0.4) is 0 Å². The second-order valence-electron chi connectivity index (χ2n) is 9.83. The van der Waals surface area contributed by atoms with Crippen molar-refractivity contribution in [3.63, 3.8) is 0 Å². The molecule has 0 atom stereocenters. The molecular weight excluding hydrogens is 486 g/mol. The van der Waals surface area contributed by atoms with E-state index in [4.69, 9.17) is 4.74 Å². The second kappa shape index (κ2) is 10.3. The van der Waals surface area contributed by atoms with Crippen LogP contribution < -0.4 is 15.4 Å². The highest BCUT2D eigenvalue weighted by Crippen LogP contribution is 2.30. The van der Waals surface area contributed by atoms with Crippen LogP contribution in [0, 0.1) is 0 Å². The van der Waals surface area contributed by atoms with Gasteiger partial charge in [0.25, 0.3) is 23.6 Å². The van der Waals surface area contributed by atoms with Crippen molar-refractivity contribution < 1.29 is 28.7 Å². The zero-order chi connectivity index (χ0) is 27.6. The third-order valence-corrected chi connectivity index (χ3v) is 5.84. The molecule has 4 amide bonds. The first-order valence-corrected chi connectivity index (χ1v) is 11.9. The predicted octanol–water partition coefficient (Wildman–Crippen LogP) is 4.19. The number of imide groups is 1. The van der Waals surface area contributed by atoms with Gasteiger partial charge in [0, 0.05) is 35.8 Å². The van der Waals surface area contributed by atoms with Crippen LogP contribution in [0.25, 0.3) is 0 Å². The highest BCUT2D eigenvalue weighted by atomic mass is 16.5. The van der Waals surface area contributed by atoms with Gasteiger partial charge in [-0.15, -0.1) is 0 Å². The van der Waals surface area contributed by atoms with Gasteiger partial charge in [0.05, 0.1) is 11.1 Å². The third kappa shape index (κ3) is 5.62. The minimum absolute atomic E-state index is 0.210. The summed E-state index contributed by atoms with van der Waals surface area (Å²) in [5.41, 5.74) is 1.76. The van der Waals surface area contributed by atoms with Gasteiger partial charge in [0.1, 0.15) is 5.75 Å². The molecule has 0 saturated heterocycles. The molecule has 3 aromatic rings. The van der Waals surface area contributed by atoms with E-state index >= 15 is 0 Å². The largest absolute Gasteiger partial charge is 0.427 e. The van der Waals surface area contributed by atoms with Crippen LogP contribution in [0.15, 0.2) is 66.7 Å². The van der Waals surface area contributed by atoms with Crippen LogP contribution >= 0.6 is 0 Å². The Labute approximate surface area is 219 Å². The number of esters is 1. The summed E-state index contributed by atoms with van der Waals surface area (Å²) in [6.07, 6.45) is 0. The van der Waals surface area contributed by atoms with Crippen molar-refractivity contribution in [1.29, 1.82) is 0 Å². The van der Waals surface area contributed by atoms with Gasteiger partial charge in [0.15, 0.2) is 0 Å². The van der Waals surface area contributed by atoms with E-state index in [9.17, 15) is 24.0 Å². The lowest BCUT2D eigenvalue weighted by Crippen LogP contribution is -2.45. The fourth-order valence-corrected chi connectivity index (χ4v) is 4.05. The first-order valence-electron chi connectivity index (χ1n) is 11.9. The number of nitrogens with zero attached hydrogens (tertiary/aromatic N) is 1. The molecule has 0 fully saturated rings. The Morgan fingerprint density at radius 2 is 1.47 bits per heavy atom. The summed E-state index contributed by atoms with van der Waals surface area (Å²) >= 11 is 0. The number of anilines is 1. The van der Waals surface area contributed by atoms with E-state index in [2.05, 4.69) is 10.6 Å². The number of nitrogens with one attached hydrogen (secondary N) is 2. The fraction of sp³-hybridized carbons (Fsp3) is 0.207. The maximum Gasteiger partial charge on any atom is 0.308 e. The quantitative estimate of drug-likeness (QED) is 0.290. The van der Waals surface area contributed by atoms with Crippen LogP contribution in [0.1, 0.15) is 74.7 Å². The molecule has 1 aliphatic heterocycles. The summed E-state index contributed by atoms with van der Waals surface area (Å²) in [5, 5.41) is 5.58. The van der Waals surface area contributed by atoms with E-state index in [1.54, 1.807) is 63.2 Å². The molecule has 0 bridgehead atoms. The Balaban J connectivity index is 1.37. The van der Waals surface area contributed by atoms with Gasteiger partial charge in [-0.25, -0.2) is 0 Å². The van der Waals surface area contributed by atoms with Crippen molar-refractivity contribution >= 4 is 35.3 Å². The number of hydrogen-bond acceptors (Lipinski definition) is 6. The van der Waals surface area contributed by atoms with E-state index in [-0.39, 0.29) is 40.8 Å². The van der Waals surface area contributed by atoms with Gasteiger partial charge in [-0.3, -0.25) is 28.9 Å². The SMILES string of the molecule is CC(=O)Oc1cccc(C(=O)NCc2ccc(NC(=O)c3ccc4c(c3)C(=O)N(C(C)(C)C)C4=O)cc2)c1.